The van der Waals surface area contributed by atoms with E-state index < -0.39 is 0 Å². The number of nitrogens with zero attached hydrogens (tertiary/aromatic N) is 2. The lowest BCUT2D eigenvalue weighted by Crippen LogP contribution is -2.49. The Labute approximate surface area is 178 Å². The minimum Gasteiger partial charge on any atom is -0.497 e. The van der Waals surface area contributed by atoms with Crippen LogP contribution in [0.1, 0.15) is 37.3 Å². The van der Waals surface area contributed by atoms with Gasteiger partial charge in [-0.2, -0.15) is 0 Å². The highest BCUT2D eigenvalue weighted by Crippen LogP contribution is 2.50. The largest absolute Gasteiger partial charge is 0.497 e. The summed E-state index contributed by atoms with van der Waals surface area (Å²) in [7, 11) is 3.74. The van der Waals surface area contributed by atoms with E-state index in [0.29, 0.717) is 5.91 Å². The summed E-state index contributed by atoms with van der Waals surface area (Å²) in [4.78, 5) is 17.6. The van der Waals surface area contributed by atoms with Gasteiger partial charge in [0.25, 0.3) is 0 Å². The van der Waals surface area contributed by atoms with Crippen molar-refractivity contribution in [3.63, 3.8) is 0 Å². The maximum absolute atomic E-state index is 13.2. The summed E-state index contributed by atoms with van der Waals surface area (Å²) in [6, 6.07) is 14.8. The van der Waals surface area contributed by atoms with E-state index in [9.17, 15) is 9.90 Å². The number of amides is 1. The predicted molar refractivity (Wildman–Crippen MR) is 118 cm³/mol. The van der Waals surface area contributed by atoms with E-state index in [-0.39, 0.29) is 30.5 Å². The van der Waals surface area contributed by atoms with Gasteiger partial charge in [-0.15, -0.1) is 0 Å². The molecule has 5 heteroatoms. The van der Waals surface area contributed by atoms with Gasteiger partial charge in [0.05, 0.1) is 25.8 Å². The minimum atomic E-state index is 0.0496. The van der Waals surface area contributed by atoms with Crippen LogP contribution in [0.25, 0.3) is 11.1 Å². The maximum atomic E-state index is 13.2. The number of benzene rings is 2. The fourth-order valence-electron chi connectivity index (χ4n) is 5.55. The Balaban J connectivity index is 1.56. The molecule has 5 rings (SSSR count). The lowest BCUT2D eigenvalue weighted by molar-refractivity contribution is -0.139. The number of hydrogen-bond acceptors (Lipinski definition) is 4. The van der Waals surface area contributed by atoms with Crippen LogP contribution in [-0.4, -0.2) is 49.3 Å². The van der Waals surface area contributed by atoms with Crippen molar-refractivity contribution in [3.8, 4) is 16.9 Å². The quantitative estimate of drug-likeness (QED) is 0.838. The fourth-order valence-corrected chi connectivity index (χ4v) is 5.55. The molecule has 1 amide bonds. The van der Waals surface area contributed by atoms with Crippen LogP contribution in [0.15, 0.2) is 42.5 Å². The Bertz CT molecular complexity index is 938. The molecule has 3 atom stereocenters. The molecule has 2 fully saturated rings. The maximum Gasteiger partial charge on any atom is 0.226 e. The van der Waals surface area contributed by atoms with E-state index in [4.69, 9.17) is 4.74 Å². The van der Waals surface area contributed by atoms with Gasteiger partial charge in [-0.05, 0) is 60.2 Å². The van der Waals surface area contributed by atoms with Gasteiger partial charge in [-0.25, -0.2) is 0 Å². The van der Waals surface area contributed by atoms with Crippen LogP contribution in [0.5, 0.6) is 5.75 Å². The first kappa shape index (κ1) is 19.4. The summed E-state index contributed by atoms with van der Waals surface area (Å²) < 4.78 is 5.30. The number of methoxy groups -OCH3 is 1. The van der Waals surface area contributed by atoms with Crippen molar-refractivity contribution in [3.05, 3.63) is 48.0 Å². The van der Waals surface area contributed by atoms with Gasteiger partial charge in [0.2, 0.25) is 5.91 Å². The molecule has 0 unspecified atom stereocenters. The van der Waals surface area contributed by atoms with Gasteiger partial charge in [0.15, 0.2) is 0 Å². The number of rotatable bonds is 4. The van der Waals surface area contributed by atoms with Gasteiger partial charge >= 0.3 is 0 Å². The van der Waals surface area contributed by atoms with E-state index in [1.165, 1.54) is 12.0 Å². The normalized spacial score (nSPS) is 25.5. The Kier molecular flexibility index (Phi) is 4.94. The third-order valence-electron chi connectivity index (χ3n) is 7.51. The van der Waals surface area contributed by atoms with E-state index in [0.717, 1.165) is 48.4 Å². The van der Waals surface area contributed by atoms with Crippen LogP contribution in [0, 0.1) is 11.8 Å². The molecule has 2 aromatic rings. The van der Waals surface area contributed by atoms with Gasteiger partial charge < -0.3 is 19.6 Å². The van der Waals surface area contributed by atoms with Crippen molar-refractivity contribution in [1.82, 2.24) is 4.90 Å². The number of carbonyl (C=O) groups excluding carboxylic acids is 1. The Morgan fingerprint density at radius 2 is 1.83 bits per heavy atom. The second-order valence-electron chi connectivity index (χ2n) is 8.92. The second kappa shape index (κ2) is 7.62. The first-order valence-electron chi connectivity index (χ1n) is 11.0. The van der Waals surface area contributed by atoms with Crippen LogP contribution >= 0.6 is 0 Å². The van der Waals surface area contributed by atoms with Crippen molar-refractivity contribution in [2.45, 2.75) is 37.8 Å². The molecule has 0 radical (unpaired) electrons. The first-order chi connectivity index (χ1) is 14.6. The number of aliphatic hydroxyl groups is 1. The van der Waals surface area contributed by atoms with Crippen LogP contribution < -0.4 is 9.64 Å². The molecule has 0 bridgehead atoms. The van der Waals surface area contributed by atoms with E-state index in [1.54, 1.807) is 7.11 Å². The summed E-state index contributed by atoms with van der Waals surface area (Å²) in [6.07, 6.45) is 4.16. The predicted octanol–water partition coefficient (Wildman–Crippen LogP) is 3.86. The van der Waals surface area contributed by atoms with Gasteiger partial charge in [-0.3, -0.25) is 4.79 Å². The highest BCUT2D eigenvalue weighted by atomic mass is 16.5. The van der Waals surface area contributed by atoms with Gasteiger partial charge in [0.1, 0.15) is 5.75 Å². The summed E-state index contributed by atoms with van der Waals surface area (Å²) in [5.41, 5.74) is 4.62. The minimum absolute atomic E-state index is 0.0496. The van der Waals surface area contributed by atoms with Gasteiger partial charge in [-0.1, -0.05) is 24.6 Å². The summed E-state index contributed by atoms with van der Waals surface area (Å²) in [6.45, 7) is 0.907. The Hall–Kier alpha value is -2.53. The lowest BCUT2D eigenvalue weighted by atomic mass is 9.80. The Morgan fingerprint density at radius 3 is 2.47 bits per heavy atom. The molecule has 158 valence electrons. The molecule has 2 aromatic carbocycles. The second-order valence-corrected chi connectivity index (χ2v) is 8.92. The molecule has 1 N–H and O–H groups in total. The fraction of sp³-hybridized carbons (Fsp3) is 0.480. The zero-order chi connectivity index (χ0) is 20.8. The number of likely N-dealkylation sites (N-methyl/N-ethyl adjacent to an activating group) is 1. The molecular formula is C25H30N2O3. The average molecular weight is 407 g/mol. The third kappa shape index (κ3) is 2.99. The van der Waals surface area contributed by atoms with Crippen molar-refractivity contribution in [2.24, 2.45) is 11.8 Å². The van der Waals surface area contributed by atoms with Crippen molar-refractivity contribution >= 4 is 11.6 Å². The summed E-state index contributed by atoms with van der Waals surface area (Å²) in [5, 5.41) is 10.2. The number of anilines is 1. The molecule has 2 aliphatic heterocycles. The molecule has 30 heavy (non-hydrogen) atoms. The molecule has 1 aliphatic carbocycles. The molecule has 1 saturated carbocycles. The number of ether oxygens (including phenoxy) is 1. The highest BCUT2D eigenvalue weighted by molar-refractivity contribution is 5.81. The number of carbonyl (C=O) groups is 1. The smallest absolute Gasteiger partial charge is 0.226 e. The molecule has 3 aliphatic rings. The van der Waals surface area contributed by atoms with Crippen molar-refractivity contribution in [2.75, 3.05) is 32.2 Å². The van der Waals surface area contributed by atoms with Crippen LogP contribution in [-0.2, 0) is 4.79 Å². The number of fused-ring (bicyclic) bond motifs is 3. The number of hydrogen-bond donors (Lipinski definition) is 1. The van der Waals surface area contributed by atoms with Crippen molar-refractivity contribution < 1.29 is 14.6 Å². The average Bonchev–Trinajstić information content (AvgIpc) is 3.18. The third-order valence-corrected chi connectivity index (χ3v) is 7.51. The molecule has 5 nitrogen and oxygen atoms in total. The SMILES string of the molecule is COc1ccc(-c2ccc3c(c2)[C@@H]2[C@@H](CCN2C(=O)C2CCC2)[C@H](CO)N3C)cc1. The lowest BCUT2D eigenvalue weighted by Gasteiger charge is -2.45. The monoisotopic (exact) mass is 406 g/mol. The van der Waals surface area contributed by atoms with Gasteiger partial charge in [0, 0.05) is 31.1 Å². The summed E-state index contributed by atoms with van der Waals surface area (Å²) in [5.74, 6) is 1.62. The summed E-state index contributed by atoms with van der Waals surface area (Å²) >= 11 is 0. The molecule has 0 spiro atoms. The zero-order valence-electron chi connectivity index (χ0n) is 17.8. The van der Waals surface area contributed by atoms with Crippen LogP contribution in [0.2, 0.25) is 0 Å². The standard InChI is InChI=1S/C25H30N2O3/c1-26-22-11-8-18(16-6-9-19(30-2)10-7-16)14-21(22)24-20(23(26)15-28)12-13-27(24)25(29)17-4-3-5-17/h6-11,14,17,20,23-24,28H,3-5,12-13,15H2,1-2H3/t20-,23-,24-/m0/s1. The van der Waals surface area contributed by atoms with E-state index in [2.05, 4.69) is 47.2 Å². The zero-order valence-corrected chi connectivity index (χ0v) is 17.8. The van der Waals surface area contributed by atoms with Crippen LogP contribution in [0.3, 0.4) is 0 Å². The first-order valence-corrected chi connectivity index (χ1v) is 11.0. The van der Waals surface area contributed by atoms with Crippen molar-refractivity contribution in [1.29, 1.82) is 0 Å². The Morgan fingerprint density at radius 1 is 1.10 bits per heavy atom. The highest BCUT2D eigenvalue weighted by Gasteiger charge is 2.48. The number of likely N-dealkylation sites (tertiary alicyclic amines) is 1. The molecule has 0 aromatic heterocycles. The van der Waals surface area contributed by atoms with Crippen LogP contribution in [0.4, 0.5) is 5.69 Å². The molecular weight excluding hydrogens is 376 g/mol. The van der Waals surface area contributed by atoms with E-state index in [1.807, 2.05) is 12.1 Å². The van der Waals surface area contributed by atoms with E-state index >= 15 is 0 Å². The molecule has 1 saturated heterocycles. The molecule has 2 heterocycles. The number of aliphatic hydroxyl groups excluding tert-OH is 1. The topological polar surface area (TPSA) is 53.0 Å².